The molecule has 0 bridgehead atoms. The Bertz CT molecular complexity index is 1220. The topological polar surface area (TPSA) is 93.2 Å². The number of anilines is 2. The van der Waals surface area contributed by atoms with E-state index in [4.69, 9.17) is 9.47 Å². The molecule has 8 nitrogen and oxygen atoms in total. The fraction of sp³-hybridized carbons (Fsp3) is 0.357. The van der Waals surface area contributed by atoms with Gasteiger partial charge in [-0.25, -0.2) is 0 Å². The maximum atomic E-state index is 13.0. The smallest absolute Gasteiger partial charge is 0.316 e. The molecule has 0 radical (unpaired) electrons. The van der Waals surface area contributed by atoms with Gasteiger partial charge in [-0.2, -0.15) is 0 Å². The molecule has 36 heavy (non-hydrogen) atoms. The molecular weight excluding hydrogens is 460 g/mol. The Morgan fingerprint density at radius 2 is 1.61 bits per heavy atom. The molecule has 0 N–H and O–H groups in total. The lowest BCUT2D eigenvalue weighted by Gasteiger charge is -2.22. The second-order valence-electron chi connectivity index (χ2n) is 9.41. The Morgan fingerprint density at radius 1 is 0.944 bits per heavy atom. The first-order chi connectivity index (χ1) is 17.4. The first-order valence-corrected chi connectivity index (χ1v) is 12.3. The lowest BCUT2D eigenvalue weighted by Crippen LogP contribution is -2.31. The van der Waals surface area contributed by atoms with E-state index >= 15 is 0 Å². The van der Waals surface area contributed by atoms with Crippen molar-refractivity contribution in [2.24, 2.45) is 23.7 Å². The van der Waals surface area contributed by atoms with Crippen LogP contribution in [-0.2, 0) is 19.2 Å². The van der Waals surface area contributed by atoms with Crippen molar-refractivity contribution in [2.45, 2.75) is 26.7 Å². The molecule has 3 aliphatic rings. The van der Waals surface area contributed by atoms with Gasteiger partial charge in [-0.15, -0.1) is 0 Å². The quantitative estimate of drug-likeness (QED) is 0.266. The van der Waals surface area contributed by atoms with E-state index in [2.05, 4.69) is 0 Å². The van der Waals surface area contributed by atoms with E-state index in [1.165, 1.54) is 4.90 Å². The Morgan fingerprint density at radius 3 is 2.28 bits per heavy atom. The summed E-state index contributed by atoms with van der Waals surface area (Å²) >= 11 is 0. The van der Waals surface area contributed by atoms with Crippen LogP contribution < -0.4 is 19.3 Å². The number of benzene rings is 2. The highest BCUT2D eigenvalue weighted by Gasteiger charge is 2.50. The Labute approximate surface area is 209 Å². The monoisotopic (exact) mass is 488 g/mol. The molecular formula is C28H28N2O6. The zero-order chi connectivity index (χ0) is 25.4. The third-order valence-corrected chi connectivity index (χ3v) is 7.10. The van der Waals surface area contributed by atoms with E-state index in [0.717, 1.165) is 5.75 Å². The Kier molecular flexibility index (Phi) is 6.35. The van der Waals surface area contributed by atoms with Crippen LogP contribution in [0.25, 0.3) is 0 Å². The maximum absolute atomic E-state index is 13.0. The number of hydrogen-bond acceptors (Lipinski definition) is 6. The maximum Gasteiger partial charge on any atom is 0.316 e. The molecule has 8 heteroatoms. The van der Waals surface area contributed by atoms with Crippen LogP contribution in [0.3, 0.4) is 0 Å². The average molecular weight is 489 g/mol. The van der Waals surface area contributed by atoms with Crippen LogP contribution in [0.2, 0.25) is 0 Å². The highest BCUT2D eigenvalue weighted by molar-refractivity contribution is 6.22. The minimum atomic E-state index is -0.595. The van der Waals surface area contributed by atoms with Crippen LogP contribution in [-0.4, -0.2) is 36.8 Å². The normalized spacial score (nSPS) is 25.3. The highest BCUT2D eigenvalue weighted by Crippen LogP contribution is 2.40. The van der Waals surface area contributed by atoms with Gasteiger partial charge in [0.1, 0.15) is 11.5 Å². The summed E-state index contributed by atoms with van der Waals surface area (Å²) in [6.45, 7) is 4.64. The minimum Gasteiger partial charge on any atom is -0.494 e. The predicted octanol–water partition coefficient (Wildman–Crippen LogP) is 3.75. The van der Waals surface area contributed by atoms with Crippen LogP contribution in [0.15, 0.2) is 60.7 Å². The molecule has 2 saturated heterocycles. The van der Waals surface area contributed by atoms with Crippen molar-refractivity contribution in [3.63, 3.8) is 0 Å². The van der Waals surface area contributed by atoms with Crippen LogP contribution in [0, 0.1) is 23.7 Å². The number of hydrogen-bond donors (Lipinski definition) is 0. The van der Waals surface area contributed by atoms with E-state index < -0.39 is 11.9 Å². The van der Waals surface area contributed by atoms with Gasteiger partial charge < -0.3 is 14.4 Å². The van der Waals surface area contributed by atoms with Gasteiger partial charge in [0, 0.05) is 18.7 Å². The summed E-state index contributed by atoms with van der Waals surface area (Å²) in [4.78, 5) is 54.0. The van der Waals surface area contributed by atoms with Gasteiger partial charge in [-0.3, -0.25) is 24.1 Å². The summed E-state index contributed by atoms with van der Waals surface area (Å²) in [5, 5.41) is 0. The van der Waals surface area contributed by atoms with Crippen molar-refractivity contribution >= 4 is 35.1 Å². The number of carbonyl (C=O) groups is 4. The van der Waals surface area contributed by atoms with Crippen molar-refractivity contribution < 1.29 is 28.7 Å². The van der Waals surface area contributed by atoms with Crippen molar-refractivity contribution in [3.05, 3.63) is 60.7 Å². The lowest BCUT2D eigenvalue weighted by atomic mass is 9.78. The average Bonchev–Trinajstić information content (AvgIpc) is 3.38. The molecule has 5 rings (SSSR count). The first kappa shape index (κ1) is 23.8. The Hall–Kier alpha value is -3.94. The number of ether oxygens (including phenoxy) is 2. The van der Waals surface area contributed by atoms with Gasteiger partial charge in [0.2, 0.25) is 17.7 Å². The number of nitrogens with zero attached hydrogens (tertiary/aromatic N) is 2. The van der Waals surface area contributed by atoms with Crippen molar-refractivity contribution in [1.82, 2.24) is 0 Å². The molecule has 1 aliphatic carbocycles. The van der Waals surface area contributed by atoms with Crippen molar-refractivity contribution in [1.29, 1.82) is 0 Å². The van der Waals surface area contributed by atoms with Gasteiger partial charge in [-0.1, -0.05) is 19.1 Å². The lowest BCUT2D eigenvalue weighted by molar-refractivity contribution is -0.139. The SMILES string of the molecule is CCOc1ccc(N2C[C@H](C(=O)Oc3ccc(N4C(=O)[C@@H]5[C@@H](C)C=CC[C@H]5C4=O)cc3)CC2=O)cc1. The summed E-state index contributed by atoms with van der Waals surface area (Å²) < 4.78 is 11.0. The van der Waals surface area contributed by atoms with E-state index in [0.29, 0.717) is 30.2 Å². The standard InChI is InChI=1S/C28H28N2O6/c1-3-35-21-11-7-19(8-12-21)29-16-18(15-24(29)31)28(34)36-22-13-9-20(10-14-22)30-26(32)23-6-4-5-17(2)25(23)27(30)33/h4-5,7-14,17-18,23,25H,3,6,15-16H2,1-2H3/t17-,18+,23+,25+/m0/s1. The third kappa shape index (κ3) is 4.27. The van der Waals surface area contributed by atoms with Gasteiger partial charge in [0.05, 0.1) is 30.0 Å². The summed E-state index contributed by atoms with van der Waals surface area (Å²) in [5.74, 6) is -1.25. The third-order valence-electron chi connectivity index (χ3n) is 7.10. The summed E-state index contributed by atoms with van der Waals surface area (Å²) in [7, 11) is 0. The molecule has 0 unspecified atom stereocenters. The summed E-state index contributed by atoms with van der Waals surface area (Å²) in [5.41, 5.74) is 1.16. The molecule has 2 aromatic rings. The fourth-order valence-corrected chi connectivity index (χ4v) is 5.27. The predicted molar refractivity (Wildman–Crippen MR) is 133 cm³/mol. The molecule has 3 amide bonds. The fourth-order valence-electron chi connectivity index (χ4n) is 5.27. The Balaban J connectivity index is 1.22. The van der Waals surface area contributed by atoms with Gasteiger partial charge in [0.25, 0.3) is 0 Å². The highest BCUT2D eigenvalue weighted by atomic mass is 16.5. The molecule has 186 valence electrons. The van der Waals surface area contributed by atoms with Crippen LogP contribution in [0.1, 0.15) is 26.7 Å². The molecule has 0 aromatic heterocycles. The number of fused-ring (bicyclic) bond motifs is 1. The van der Waals surface area contributed by atoms with E-state index in [1.54, 1.807) is 53.4 Å². The first-order valence-electron chi connectivity index (χ1n) is 12.3. The molecule has 4 atom stereocenters. The molecule has 0 saturated carbocycles. The molecule has 2 aromatic carbocycles. The van der Waals surface area contributed by atoms with Crippen LogP contribution in [0.5, 0.6) is 11.5 Å². The molecule has 2 heterocycles. The number of amides is 3. The summed E-state index contributed by atoms with van der Waals surface area (Å²) in [6.07, 6.45) is 4.59. The van der Waals surface area contributed by atoms with Gasteiger partial charge in [0.15, 0.2) is 0 Å². The molecule has 2 fully saturated rings. The second-order valence-corrected chi connectivity index (χ2v) is 9.41. The zero-order valence-electron chi connectivity index (χ0n) is 20.3. The summed E-state index contributed by atoms with van der Waals surface area (Å²) in [6, 6.07) is 13.5. The van der Waals surface area contributed by atoms with Crippen LogP contribution >= 0.6 is 0 Å². The zero-order valence-corrected chi connectivity index (χ0v) is 20.3. The molecule has 0 spiro atoms. The van der Waals surface area contributed by atoms with Gasteiger partial charge >= 0.3 is 5.97 Å². The second kappa shape index (κ2) is 9.60. The van der Waals surface area contributed by atoms with Crippen LogP contribution in [0.4, 0.5) is 11.4 Å². The number of imide groups is 1. The minimum absolute atomic E-state index is 0.0155. The number of allylic oxidation sites excluding steroid dienone is 2. The largest absolute Gasteiger partial charge is 0.494 e. The van der Waals surface area contributed by atoms with Crippen molar-refractivity contribution in [2.75, 3.05) is 23.0 Å². The van der Waals surface area contributed by atoms with E-state index in [9.17, 15) is 19.2 Å². The number of rotatable bonds is 6. The number of esters is 1. The molecule has 2 aliphatic heterocycles. The number of carbonyl (C=O) groups excluding carboxylic acids is 4. The van der Waals surface area contributed by atoms with Gasteiger partial charge in [-0.05, 0) is 67.8 Å². The van der Waals surface area contributed by atoms with E-state index in [-0.39, 0.29) is 48.4 Å². The van der Waals surface area contributed by atoms with Crippen molar-refractivity contribution in [3.8, 4) is 11.5 Å². The van der Waals surface area contributed by atoms with E-state index in [1.807, 2.05) is 26.0 Å².